The first-order valence-corrected chi connectivity index (χ1v) is 10.1. The highest BCUT2D eigenvalue weighted by atomic mass is 79.9. The molecule has 10 heteroatoms. The zero-order valence-corrected chi connectivity index (χ0v) is 18.3. The van der Waals surface area contributed by atoms with Gasteiger partial charge in [0.25, 0.3) is 0 Å². The summed E-state index contributed by atoms with van der Waals surface area (Å²) in [4.78, 5) is 16.1. The molecule has 1 atom stereocenters. The van der Waals surface area contributed by atoms with Crippen LogP contribution in [0.5, 0.6) is 11.5 Å². The average molecular weight is 498 g/mol. The van der Waals surface area contributed by atoms with Gasteiger partial charge < -0.3 is 9.47 Å². The second kappa shape index (κ2) is 8.22. The van der Waals surface area contributed by atoms with E-state index in [2.05, 4.69) is 31.3 Å². The molecule has 0 fully saturated rings. The fourth-order valence-electron chi connectivity index (χ4n) is 3.12. The molecule has 150 valence electrons. The normalized spacial score (nSPS) is 15.6. The number of halogens is 3. The summed E-state index contributed by atoms with van der Waals surface area (Å²) in [6, 6.07) is 8.56. The lowest BCUT2D eigenvalue weighted by molar-refractivity contribution is -0.117. The third-order valence-corrected chi connectivity index (χ3v) is 5.81. The molecule has 4 rings (SSSR count). The van der Waals surface area contributed by atoms with Crippen LogP contribution in [0.15, 0.2) is 41.1 Å². The second-order valence-corrected chi connectivity index (χ2v) is 8.04. The summed E-state index contributed by atoms with van der Waals surface area (Å²) in [6.45, 7) is 0.247. The summed E-state index contributed by atoms with van der Waals surface area (Å²) in [5.41, 5.74) is 1.63. The standard InChI is InChI=1S/C19H15BrCl2N4O3/c1-28-16-5-12(15-7-18(27)25-19-23-9-24-26(15)19)13(20)6-17(16)29-8-10-2-3-11(21)4-14(10)22/h2-6,9,15H,7-8H2,1H3,(H,23,24,25,27). The number of hydrogen-bond donors (Lipinski definition) is 1. The smallest absolute Gasteiger partial charge is 0.229 e. The van der Waals surface area contributed by atoms with Crippen molar-refractivity contribution < 1.29 is 14.3 Å². The van der Waals surface area contributed by atoms with E-state index in [1.54, 1.807) is 30.0 Å². The van der Waals surface area contributed by atoms with Crippen molar-refractivity contribution in [1.29, 1.82) is 0 Å². The van der Waals surface area contributed by atoms with Crippen LogP contribution in [-0.4, -0.2) is 27.8 Å². The third kappa shape index (κ3) is 4.05. The summed E-state index contributed by atoms with van der Waals surface area (Å²) < 4.78 is 13.9. The summed E-state index contributed by atoms with van der Waals surface area (Å²) in [6.07, 6.45) is 1.64. The van der Waals surface area contributed by atoms with Crippen LogP contribution in [0.2, 0.25) is 10.0 Å². The topological polar surface area (TPSA) is 78.3 Å². The zero-order chi connectivity index (χ0) is 20.5. The molecule has 3 aromatic rings. The minimum absolute atomic E-state index is 0.126. The molecule has 1 unspecified atom stereocenters. The molecule has 0 saturated heterocycles. The Morgan fingerprint density at radius 3 is 2.86 bits per heavy atom. The number of rotatable bonds is 5. The summed E-state index contributed by atoms with van der Waals surface area (Å²) in [5.74, 6) is 1.35. The predicted octanol–water partition coefficient (Wildman–Crippen LogP) is 4.87. The Kier molecular flexibility index (Phi) is 5.67. The van der Waals surface area contributed by atoms with Crippen LogP contribution in [0.1, 0.15) is 23.6 Å². The Bertz CT molecular complexity index is 1090. The molecule has 0 radical (unpaired) electrons. The third-order valence-electron chi connectivity index (χ3n) is 4.54. The molecule has 0 bridgehead atoms. The summed E-state index contributed by atoms with van der Waals surface area (Å²) >= 11 is 15.7. The SMILES string of the molecule is COc1cc(C2CC(=O)Nc3ncnn32)c(Br)cc1OCc1ccc(Cl)cc1Cl. The van der Waals surface area contributed by atoms with Crippen LogP contribution >= 0.6 is 39.1 Å². The summed E-state index contributed by atoms with van der Waals surface area (Å²) in [5, 5.41) is 8.03. The van der Waals surface area contributed by atoms with Crippen molar-refractivity contribution in [2.24, 2.45) is 0 Å². The van der Waals surface area contributed by atoms with Gasteiger partial charge in [0.2, 0.25) is 11.9 Å². The number of carbonyl (C=O) groups is 1. The van der Waals surface area contributed by atoms with Crippen molar-refractivity contribution in [3.05, 3.63) is 62.3 Å². The number of anilines is 1. The lowest BCUT2D eigenvalue weighted by Gasteiger charge is -2.25. The molecule has 1 amide bonds. The Morgan fingerprint density at radius 1 is 1.28 bits per heavy atom. The molecule has 0 spiro atoms. The van der Waals surface area contributed by atoms with E-state index < -0.39 is 0 Å². The second-order valence-electron chi connectivity index (χ2n) is 6.35. The molecule has 29 heavy (non-hydrogen) atoms. The van der Waals surface area contributed by atoms with Gasteiger partial charge in [-0.25, -0.2) is 4.68 Å². The lowest BCUT2D eigenvalue weighted by atomic mass is 10.0. The largest absolute Gasteiger partial charge is 0.493 e. The number of hydrogen-bond acceptors (Lipinski definition) is 5. The van der Waals surface area contributed by atoms with E-state index >= 15 is 0 Å². The van der Waals surface area contributed by atoms with Gasteiger partial charge in [-0.05, 0) is 29.8 Å². The molecule has 1 aliphatic heterocycles. The van der Waals surface area contributed by atoms with Crippen molar-refractivity contribution in [3.63, 3.8) is 0 Å². The first kappa shape index (κ1) is 20.0. The number of carbonyl (C=O) groups excluding carboxylic acids is 1. The highest BCUT2D eigenvalue weighted by molar-refractivity contribution is 9.10. The van der Waals surface area contributed by atoms with Gasteiger partial charge in [0.15, 0.2) is 11.5 Å². The van der Waals surface area contributed by atoms with Crippen molar-refractivity contribution >= 4 is 51.0 Å². The van der Waals surface area contributed by atoms with E-state index in [0.29, 0.717) is 27.5 Å². The van der Waals surface area contributed by atoms with E-state index in [-0.39, 0.29) is 25.0 Å². The van der Waals surface area contributed by atoms with E-state index in [0.717, 1.165) is 15.6 Å². The first-order chi connectivity index (χ1) is 14.0. The quantitative estimate of drug-likeness (QED) is 0.544. The molecule has 0 aliphatic carbocycles. The fourth-order valence-corrected chi connectivity index (χ4v) is 4.17. The van der Waals surface area contributed by atoms with E-state index in [9.17, 15) is 4.79 Å². The number of fused-ring (bicyclic) bond motifs is 1. The monoisotopic (exact) mass is 496 g/mol. The number of nitrogens with zero attached hydrogens (tertiary/aromatic N) is 3. The van der Waals surface area contributed by atoms with Gasteiger partial charge in [0.1, 0.15) is 12.9 Å². The number of benzene rings is 2. The molecule has 7 nitrogen and oxygen atoms in total. The summed E-state index contributed by atoms with van der Waals surface area (Å²) in [7, 11) is 1.56. The van der Waals surface area contributed by atoms with Crippen LogP contribution in [0.4, 0.5) is 5.95 Å². The Labute approximate surface area is 185 Å². The van der Waals surface area contributed by atoms with Crippen molar-refractivity contribution in [2.75, 3.05) is 12.4 Å². The van der Waals surface area contributed by atoms with Crippen LogP contribution in [0.25, 0.3) is 0 Å². The van der Waals surface area contributed by atoms with Crippen molar-refractivity contribution in [2.45, 2.75) is 19.1 Å². The highest BCUT2D eigenvalue weighted by Crippen LogP contribution is 2.40. The van der Waals surface area contributed by atoms with Crippen LogP contribution in [0.3, 0.4) is 0 Å². The lowest BCUT2D eigenvalue weighted by Crippen LogP contribution is -2.29. The van der Waals surface area contributed by atoms with Gasteiger partial charge in [-0.2, -0.15) is 10.1 Å². The highest BCUT2D eigenvalue weighted by Gasteiger charge is 2.30. The molecular weight excluding hydrogens is 483 g/mol. The average Bonchev–Trinajstić information content (AvgIpc) is 3.15. The molecule has 1 aromatic heterocycles. The number of nitrogens with one attached hydrogen (secondary N) is 1. The van der Waals surface area contributed by atoms with Gasteiger partial charge >= 0.3 is 0 Å². The van der Waals surface area contributed by atoms with Gasteiger partial charge in [0, 0.05) is 20.1 Å². The Hall–Kier alpha value is -2.29. The molecule has 2 heterocycles. The van der Waals surface area contributed by atoms with Crippen LogP contribution in [-0.2, 0) is 11.4 Å². The minimum atomic E-state index is -0.315. The van der Waals surface area contributed by atoms with Crippen molar-refractivity contribution in [3.8, 4) is 11.5 Å². The van der Waals surface area contributed by atoms with Gasteiger partial charge in [-0.3, -0.25) is 10.1 Å². The Balaban J connectivity index is 1.64. The fraction of sp³-hybridized carbons (Fsp3) is 0.211. The number of methoxy groups -OCH3 is 1. The van der Waals surface area contributed by atoms with Crippen LogP contribution < -0.4 is 14.8 Å². The number of aromatic nitrogens is 3. The first-order valence-electron chi connectivity index (χ1n) is 8.59. The predicted molar refractivity (Wildman–Crippen MR) is 113 cm³/mol. The minimum Gasteiger partial charge on any atom is -0.493 e. The van der Waals surface area contributed by atoms with Crippen LogP contribution in [0, 0.1) is 0 Å². The molecule has 1 N–H and O–H groups in total. The van der Waals surface area contributed by atoms with E-state index in [4.69, 9.17) is 32.7 Å². The Morgan fingerprint density at radius 2 is 2.10 bits per heavy atom. The maximum atomic E-state index is 12.1. The van der Waals surface area contributed by atoms with Gasteiger partial charge in [-0.1, -0.05) is 45.2 Å². The van der Waals surface area contributed by atoms with E-state index in [1.165, 1.54) is 6.33 Å². The molecule has 0 saturated carbocycles. The van der Waals surface area contributed by atoms with E-state index in [1.807, 2.05) is 12.1 Å². The number of ether oxygens (including phenoxy) is 2. The molecule has 1 aliphatic rings. The molecular formula is C19H15BrCl2N4O3. The maximum absolute atomic E-state index is 12.1. The van der Waals surface area contributed by atoms with Crippen molar-refractivity contribution in [1.82, 2.24) is 14.8 Å². The maximum Gasteiger partial charge on any atom is 0.229 e. The number of amides is 1. The van der Waals surface area contributed by atoms with Gasteiger partial charge in [-0.15, -0.1) is 0 Å². The zero-order valence-electron chi connectivity index (χ0n) is 15.2. The van der Waals surface area contributed by atoms with Gasteiger partial charge in [0.05, 0.1) is 19.6 Å². The molecule has 2 aromatic carbocycles.